The molecule has 3 aliphatic heterocycles. The first-order chi connectivity index (χ1) is 11.3. The van der Waals surface area contributed by atoms with Crippen LogP contribution in [0, 0.1) is 5.41 Å². The Morgan fingerprint density at radius 1 is 1.35 bits per heavy atom. The third kappa shape index (κ3) is 2.75. The molecule has 4 rings (SSSR count). The van der Waals surface area contributed by atoms with Crippen LogP contribution >= 0.6 is 0 Å². The fourth-order valence-electron chi connectivity index (χ4n) is 4.73. The molecule has 0 amide bonds. The van der Waals surface area contributed by atoms with Gasteiger partial charge in [-0.2, -0.15) is 0 Å². The van der Waals surface area contributed by atoms with Crippen LogP contribution in [0.15, 0.2) is 24.2 Å². The largest absolute Gasteiger partial charge is 0.380 e. The van der Waals surface area contributed by atoms with Gasteiger partial charge in [0.25, 0.3) is 0 Å². The fraction of sp³-hybridized carbons (Fsp3) is 0.722. The monoisotopic (exact) mass is 317 g/mol. The second-order valence-corrected chi connectivity index (χ2v) is 7.14. The van der Waals surface area contributed by atoms with Crippen LogP contribution in [0.2, 0.25) is 0 Å². The maximum atomic E-state index is 5.98. The number of aromatic nitrogens is 2. The summed E-state index contributed by atoms with van der Waals surface area (Å²) in [7, 11) is 2.09. The molecule has 0 aromatic carbocycles. The summed E-state index contributed by atoms with van der Waals surface area (Å²) < 4.78 is 13.7. The number of piperidine rings is 1. The quantitative estimate of drug-likeness (QED) is 0.801. The average molecular weight is 317 g/mol. The Morgan fingerprint density at radius 3 is 3.09 bits per heavy atom. The maximum Gasteiger partial charge on any atom is 0.0945 e. The Bertz CT molecular complexity index is 579. The van der Waals surface area contributed by atoms with Crippen molar-refractivity contribution in [1.82, 2.24) is 14.5 Å². The SMILES string of the molecule is Cn1cncc1CN1CCC[C@@]2(C3=CCOCC3)COCC[C@H]12. The van der Waals surface area contributed by atoms with Crippen molar-refractivity contribution in [1.29, 1.82) is 0 Å². The van der Waals surface area contributed by atoms with E-state index in [9.17, 15) is 0 Å². The van der Waals surface area contributed by atoms with Crippen LogP contribution in [0.3, 0.4) is 0 Å². The summed E-state index contributed by atoms with van der Waals surface area (Å²) in [6, 6.07) is 0.587. The van der Waals surface area contributed by atoms with Crippen LogP contribution in [0.1, 0.15) is 31.4 Å². The predicted octanol–water partition coefficient (Wildman–Crippen LogP) is 2.14. The molecule has 3 aliphatic rings. The van der Waals surface area contributed by atoms with Crippen LogP contribution in [0.4, 0.5) is 0 Å². The van der Waals surface area contributed by atoms with Gasteiger partial charge in [-0.25, -0.2) is 4.98 Å². The van der Waals surface area contributed by atoms with Crippen molar-refractivity contribution in [2.24, 2.45) is 12.5 Å². The summed E-state index contributed by atoms with van der Waals surface area (Å²) in [4.78, 5) is 6.96. The first kappa shape index (κ1) is 15.4. The first-order valence-corrected chi connectivity index (χ1v) is 8.84. The van der Waals surface area contributed by atoms with Crippen LogP contribution < -0.4 is 0 Å². The Hall–Kier alpha value is -1.17. The van der Waals surface area contributed by atoms with E-state index >= 15 is 0 Å². The van der Waals surface area contributed by atoms with Gasteiger partial charge in [-0.3, -0.25) is 4.90 Å². The maximum absolute atomic E-state index is 5.98. The minimum Gasteiger partial charge on any atom is -0.380 e. The second-order valence-electron chi connectivity index (χ2n) is 7.14. The van der Waals surface area contributed by atoms with Gasteiger partial charge < -0.3 is 14.0 Å². The van der Waals surface area contributed by atoms with Gasteiger partial charge >= 0.3 is 0 Å². The van der Waals surface area contributed by atoms with Crippen molar-refractivity contribution in [3.8, 4) is 0 Å². The first-order valence-electron chi connectivity index (χ1n) is 8.84. The number of fused-ring (bicyclic) bond motifs is 1. The summed E-state index contributed by atoms with van der Waals surface area (Å²) in [6.07, 6.45) is 10.9. The molecule has 1 aromatic rings. The van der Waals surface area contributed by atoms with Crippen LogP contribution in [-0.4, -0.2) is 53.5 Å². The lowest BCUT2D eigenvalue weighted by Gasteiger charge is -2.54. The molecule has 2 fully saturated rings. The molecule has 4 heterocycles. The summed E-state index contributed by atoms with van der Waals surface area (Å²) in [5.74, 6) is 0. The fourth-order valence-corrected chi connectivity index (χ4v) is 4.73. The molecule has 0 N–H and O–H groups in total. The molecule has 5 nitrogen and oxygen atoms in total. The lowest BCUT2D eigenvalue weighted by molar-refractivity contribution is -0.0878. The highest BCUT2D eigenvalue weighted by Crippen LogP contribution is 2.48. The van der Waals surface area contributed by atoms with Crippen molar-refractivity contribution in [2.75, 3.05) is 33.0 Å². The summed E-state index contributed by atoms with van der Waals surface area (Å²) in [5.41, 5.74) is 3.09. The highest BCUT2D eigenvalue weighted by atomic mass is 16.5. The zero-order valence-electron chi connectivity index (χ0n) is 14.0. The van der Waals surface area contributed by atoms with E-state index in [1.165, 1.54) is 25.1 Å². The summed E-state index contributed by atoms with van der Waals surface area (Å²) >= 11 is 0. The molecule has 0 saturated carbocycles. The molecule has 0 aliphatic carbocycles. The summed E-state index contributed by atoms with van der Waals surface area (Å²) in [5, 5.41) is 0. The van der Waals surface area contributed by atoms with E-state index in [1.807, 2.05) is 12.5 Å². The van der Waals surface area contributed by atoms with Crippen molar-refractivity contribution < 1.29 is 9.47 Å². The lowest BCUT2D eigenvalue weighted by Crippen LogP contribution is -2.58. The van der Waals surface area contributed by atoms with Gasteiger partial charge in [0.05, 0.1) is 31.8 Å². The van der Waals surface area contributed by atoms with Gasteiger partial charge in [0, 0.05) is 37.9 Å². The number of hydrogen-bond donors (Lipinski definition) is 0. The van der Waals surface area contributed by atoms with Gasteiger partial charge in [-0.05, 0) is 32.2 Å². The van der Waals surface area contributed by atoms with Crippen LogP contribution in [-0.2, 0) is 23.1 Å². The van der Waals surface area contributed by atoms with Crippen molar-refractivity contribution in [3.63, 3.8) is 0 Å². The van der Waals surface area contributed by atoms with Gasteiger partial charge in [0.2, 0.25) is 0 Å². The zero-order valence-corrected chi connectivity index (χ0v) is 14.0. The van der Waals surface area contributed by atoms with Gasteiger partial charge in [0.1, 0.15) is 0 Å². The zero-order chi connectivity index (χ0) is 15.7. The molecular formula is C18H27N3O2. The second kappa shape index (κ2) is 6.38. The van der Waals surface area contributed by atoms with Crippen LogP contribution in [0.5, 0.6) is 0 Å². The van der Waals surface area contributed by atoms with Gasteiger partial charge in [-0.15, -0.1) is 0 Å². The molecule has 126 valence electrons. The predicted molar refractivity (Wildman–Crippen MR) is 88.0 cm³/mol. The molecule has 2 saturated heterocycles. The van der Waals surface area contributed by atoms with E-state index in [-0.39, 0.29) is 5.41 Å². The minimum atomic E-state index is 0.207. The highest BCUT2D eigenvalue weighted by molar-refractivity contribution is 5.23. The number of hydrogen-bond acceptors (Lipinski definition) is 4. The molecule has 0 spiro atoms. The standard InChI is InChI=1S/C18H27N3O2/c1-20-14-19-11-16(20)12-21-7-2-6-18(13-23-10-5-17(18)21)15-3-8-22-9-4-15/h3,11,14,17H,2,4-10,12-13H2,1H3/t17-,18-/m0/s1. The third-order valence-corrected chi connectivity index (χ3v) is 5.93. The van der Waals surface area contributed by atoms with E-state index in [2.05, 4.69) is 27.6 Å². The third-order valence-electron chi connectivity index (χ3n) is 5.93. The number of ether oxygens (including phenoxy) is 2. The molecule has 2 atom stereocenters. The van der Waals surface area contributed by atoms with E-state index in [0.717, 1.165) is 45.8 Å². The minimum absolute atomic E-state index is 0.207. The molecule has 0 unspecified atom stereocenters. The lowest BCUT2D eigenvalue weighted by atomic mass is 9.65. The van der Waals surface area contributed by atoms with E-state index in [4.69, 9.17) is 9.47 Å². The van der Waals surface area contributed by atoms with E-state index in [1.54, 1.807) is 5.57 Å². The van der Waals surface area contributed by atoms with E-state index in [0.29, 0.717) is 6.04 Å². The smallest absolute Gasteiger partial charge is 0.0945 e. The average Bonchev–Trinajstić information content (AvgIpc) is 3.01. The molecule has 0 radical (unpaired) electrons. The Labute approximate surface area is 138 Å². The number of rotatable bonds is 3. The number of aryl methyl sites for hydroxylation is 1. The number of imidazole rings is 1. The topological polar surface area (TPSA) is 39.5 Å². The Kier molecular flexibility index (Phi) is 4.26. The molecule has 23 heavy (non-hydrogen) atoms. The van der Waals surface area contributed by atoms with Gasteiger partial charge in [0.15, 0.2) is 0 Å². The van der Waals surface area contributed by atoms with E-state index < -0.39 is 0 Å². The molecular weight excluding hydrogens is 290 g/mol. The highest BCUT2D eigenvalue weighted by Gasteiger charge is 2.49. The Morgan fingerprint density at radius 2 is 2.30 bits per heavy atom. The van der Waals surface area contributed by atoms with Crippen molar-refractivity contribution in [2.45, 2.75) is 38.3 Å². The molecule has 1 aromatic heterocycles. The van der Waals surface area contributed by atoms with Crippen molar-refractivity contribution in [3.05, 3.63) is 29.9 Å². The normalized spacial score (nSPS) is 32.4. The Balaban J connectivity index is 1.62. The number of nitrogens with zero attached hydrogens (tertiary/aromatic N) is 3. The molecule has 5 heteroatoms. The van der Waals surface area contributed by atoms with Gasteiger partial charge in [-0.1, -0.05) is 11.6 Å². The number of likely N-dealkylation sites (tertiary alicyclic amines) is 1. The van der Waals surface area contributed by atoms with Crippen LogP contribution in [0.25, 0.3) is 0 Å². The summed E-state index contributed by atoms with van der Waals surface area (Å²) in [6.45, 7) is 5.57. The molecule has 0 bridgehead atoms. The van der Waals surface area contributed by atoms with Crippen molar-refractivity contribution >= 4 is 0 Å².